The van der Waals surface area contributed by atoms with E-state index in [4.69, 9.17) is 21.7 Å². The number of nitrogens with one attached hydrogen (secondary N) is 1. The lowest BCUT2D eigenvalue weighted by molar-refractivity contribution is -0.128. The first kappa shape index (κ1) is 30.4. The van der Waals surface area contributed by atoms with Crippen molar-refractivity contribution in [2.75, 3.05) is 25.6 Å². The van der Waals surface area contributed by atoms with Crippen LogP contribution in [-0.4, -0.2) is 57.0 Å². The second-order valence-corrected chi connectivity index (χ2v) is 8.96. The van der Waals surface area contributed by atoms with Gasteiger partial charge in [-0.3, -0.25) is 14.9 Å². The van der Waals surface area contributed by atoms with Crippen molar-refractivity contribution in [2.45, 2.75) is 13.3 Å². The summed E-state index contributed by atoms with van der Waals surface area (Å²) >= 11 is 8.69. The lowest BCUT2D eigenvalue weighted by Gasteiger charge is -2.26. The van der Waals surface area contributed by atoms with Crippen molar-refractivity contribution in [1.82, 2.24) is 19.7 Å². The lowest BCUT2D eigenvalue weighted by Crippen LogP contribution is -2.35. The second-order valence-electron chi connectivity index (χ2n) is 7.78. The predicted octanol–water partition coefficient (Wildman–Crippen LogP) is 5.85. The average molecular weight is 617 g/mol. The summed E-state index contributed by atoms with van der Waals surface area (Å²) in [5, 5.41) is 11.5. The number of ether oxygens (including phenoxy) is 1. The quantitative estimate of drug-likeness (QED) is 0.221. The van der Waals surface area contributed by atoms with Gasteiger partial charge < -0.3 is 9.64 Å². The Labute approximate surface area is 233 Å². The SMILES string of the molecule is CCOC(=N)c1ccc(Br)cc1F.Cl.Cn1cnc(-c2ccc(C3=CCN(C(=O)CCl)CC3)cc2F)n1. The van der Waals surface area contributed by atoms with Crippen LogP contribution < -0.4 is 0 Å². The molecule has 1 aliphatic rings. The summed E-state index contributed by atoms with van der Waals surface area (Å²) in [6, 6.07) is 9.54. The number of rotatable bonds is 5. The number of aryl methyl sites for hydroxylation is 1. The van der Waals surface area contributed by atoms with E-state index in [1.807, 2.05) is 12.1 Å². The molecule has 37 heavy (non-hydrogen) atoms. The number of carbonyl (C=O) groups excluding carboxylic acids is 1. The van der Waals surface area contributed by atoms with Crippen molar-refractivity contribution < 1.29 is 18.3 Å². The number of alkyl halides is 1. The van der Waals surface area contributed by atoms with Crippen LogP contribution in [0.15, 0.2) is 53.3 Å². The summed E-state index contributed by atoms with van der Waals surface area (Å²) < 4.78 is 34.6. The maximum Gasteiger partial charge on any atom is 0.237 e. The van der Waals surface area contributed by atoms with Gasteiger partial charge in [0.05, 0.1) is 17.7 Å². The number of nitrogens with zero attached hydrogens (tertiary/aromatic N) is 4. The molecule has 0 radical (unpaired) electrons. The molecule has 12 heteroatoms. The van der Waals surface area contributed by atoms with Gasteiger partial charge in [-0.1, -0.05) is 28.1 Å². The maximum atomic E-state index is 14.4. The van der Waals surface area contributed by atoms with E-state index in [1.165, 1.54) is 29.2 Å². The molecule has 7 nitrogen and oxygen atoms in total. The van der Waals surface area contributed by atoms with Crippen molar-refractivity contribution >= 4 is 57.3 Å². The summed E-state index contributed by atoms with van der Waals surface area (Å²) in [5.41, 5.74) is 2.41. The largest absolute Gasteiger partial charge is 0.478 e. The predicted molar refractivity (Wildman–Crippen MR) is 146 cm³/mol. The number of benzene rings is 2. The third-order valence-corrected chi connectivity index (χ3v) is 6.04. The molecule has 0 saturated carbocycles. The molecule has 0 aliphatic carbocycles. The second kappa shape index (κ2) is 14.2. The molecule has 1 amide bonds. The third-order valence-electron chi connectivity index (χ3n) is 5.32. The summed E-state index contributed by atoms with van der Waals surface area (Å²) in [4.78, 5) is 17.3. The normalized spacial score (nSPS) is 12.6. The van der Waals surface area contributed by atoms with Gasteiger partial charge in [0.2, 0.25) is 11.8 Å². The van der Waals surface area contributed by atoms with E-state index in [1.54, 1.807) is 31.0 Å². The molecule has 1 N–H and O–H groups in total. The zero-order valence-corrected chi connectivity index (χ0v) is 23.3. The first-order chi connectivity index (χ1) is 17.2. The van der Waals surface area contributed by atoms with Gasteiger partial charge in [-0.2, -0.15) is 5.10 Å². The molecule has 198 valence electrons. The lowest BCUT2D eigenvalue weighted by atomic mass is 9.98. The van der Waals surface area contributed by atoms with Crippen LogP contribution in [0, 0.1) is 17.0 Å². The maximum absolute atomic E-state index is 14.4. The molecule has 0 saturated heterocycles. The zero-order chi connectivity index (χ0) is 26.2. The monoisotopic (exact) mass is 615 g/mol. The number of aromatic nitrogens is 3. The van der Waals surface area contributed by atoms with E-state index in [9.17, 15) is 13.6 Å². The van der Waals surface area contributed by atoms with Crippen LogP contribution in [0.25, 0.3) is 17.0 Å². The van der Waals surface area contributed by atoms with Crippen LogP contribution in [0.4, 0.5) is 8.78 Å². The van der Waals surface area contributed by atoms with Gasteiger partial charge in [-0.15, -0.1) is 24.0 Å². The summed E-state index contributed by atoms with van der Waals surface area (Å²) in [7, 11) is 1.74. The van der Waals surface area contributed by atoms with E-state index < -0.39 is 5.82 Å². The van der Waals surface area contributed by atoms with Gasteiger partial charge in [0.1, 0.15) is 23.8 Å². The minimum atomic E-state index is -0.451. The molecule has 0 fully saturated rings. The highest BCUT2D eigenvalue weighted by Gasteiger charge is 2.18. The number of hydrogen-bond acceptors (Lipinski definition) is 5. The Kier molecular flexibility index (Phi) is 11.7. The third kappa shape index (κ3) is 8.08. The van der Waals surface area contributed by atoms with Gasteiger partial charge in [-0.25, -0.2) is 13.8 Å². The molecule has 2 aromatic carbocycles. The van der Waals surface area contributed by atoms with E-state index in [2.05, 4.69) is 26.0 Å². The highest BCUT2D eigenvalue weighted by molar-refractivity contribution is 9.10. The van der Waals surface area contributed by atoms with Crippen LogP contribution in [0.1, 0.15) is 24.5 Å². The fourth-order valence-electron chi connectivity index (χ4n) is 3.50. The van der Waals surface area contributed by atoms with Crippen LogP contribution in [-0.2, 0) is 16.6 Å². The Hall–Kier alpha value is -2.82. The number of hydrogen-bond donors (Lipinski definition) is 1. The highest BCUT2D eigenvalue weighted by Crippen LogP contribution is 2.27. The molecule has 0 spiro atoms. The average Bonchev–Trinajstić information content (AvgIpc) is 3.30. The number of halogens is 5. The molecule has 0 bridgehead atoms. The molecular weight excluding hydrogens is 591 g/mol. The van der Waals surface area contributed by atoms with Gasteiger partial charge in [0.15, 0.2) is 5.82 Å². The first-order valence-electron chi connectivity index (χ1n) is 11.1. The van der Waals surface area contributed by atoms with E-state index in [0.29, 0.717) is 42.0 Å². The Morgan fingerprint density at radius 1 is 1.22 bits per heavy atom. The van der Waals surface area contributed by atoms with E-state index in [-0.39, 0.29) is 41.5 Å². The Balaban J connectivity index is 0.000000295. The van der Waals surface area contributed by atoms with E-state index in [0.717, 1.165) is 11.1 Å². The highest BCUT2D eigenvalue weighted by atomic mass is 79.9. The first-order valence-corrected chi connectivity index (χ1v) is 12.4. The molecule has 1 aromatic heterocycles. The minimum Gasteiger partial charge on any atom is -0.478 e. The molecule has 0 unspecified atom stereocenters. The van der Waals surface area contributed by atoms with E-state index >= 15 is 0 Å². The fraction of sp³-hybridized carbons (Fsp3) is 0.280. The van der Waals surface area contributed by atoms with Crippen molar-refractivity contribution in [3.63, 3.8) is 0 Å². The Bertz CT molecular complexity index is 1290. The van der Waals surface area contributed by atoms with Gasteiger partial charge in [-0.05, 0) is 54.8 Å². The van der Waals surface area contributed by atoms with Crippen molar-refractivity contribution in [2.24, 2.45) is 7.05 Å². The Morgan fingerprint density at radius 3 is 2.51 bits per heavy atom. The topological polar surface area (TPSA) is 84.1 Å². The van der Waals surface area contributed by atoms with Gasteiger partial charge >= 0.3 is 0 Å². The smallest absolute Gasteiger partial charge is 0.237 e. The Morgan fingerprint density at radius 2 is 1.97 bits per heavy atom. The van der Waals surface area contributed by atoms with Crippen LogP contribution in [0.2, 0.25) is 0 Å². The van der Waals surface area contributed by atoms with Crippen LogP contribution in [0.5, 0.6) is 0 Å². The van der Waals surface area contributed by atoms with Crippen molar-refractivity contribution in [1.29, 1.82) is 5.41 Å². The fourth-order valence-corrected chi connectivity index (χ4v) is 4.00. The standard InChI is InChI=1S/C16H16ClFN4O.C9H9BrFNO.ClH/c1-21-10-19-16(20-21)13-3-2-12(8-14(13)18)11-4-6-22(7-5-11)15(23)9-17;1-2-13-9(12)7-4-3-6(10)5-8(7)11;/h2-4,8,10H,5-7,9H2,1H3;3-5,12H,2H2,1H3;1H. The van der Waals surface area contributed by atoms with Gasteiger partial charge in [0, 0.05) is 24.6 Å². The summed E-state index contributed by atoms with van der Waals surface area (Å²) in [6.07, 6.45) is 4.17. The molecule has 2 heterocycles. The summed E-state index contributed by atoms with van der Waals surface area (Å²) in [5.74, 6) is -0.657. The molecule has 1 aliphatic heterocycles. The minimum absolute atomic E-state index is 0. The molecule has 0 atom stereocenters. The molecule has 3 aromatic rings. The zero-order valence-electron chi connectivity index (χ0n) is 20.2. The molecule has 4 rings (SSSR count). The van der Waals surface area contributed by atoms with Crippen molar-refractivity contribution in [3.05, 3.63) is 76.0 Å². The van der Waals surface area contributed by atoms with Crippen molar-refractivity contribution in [3.8, 4) is 11.4 Å². The molecular formula is C25H26BrCl2F2N5O2. The summed E-state index contributed by atoms with van der Waals surface area (Å²) in [6.45, 7) is 3.23. The van der Waals surface area contributed by atoms with Crippen LogP contribution >= 0.6 is 39.9 Å². The van der Waals surface area contributed by atoms with Gasteiger partial charge in [0.25, 0.3) is 0 Å². The van der Waals surface area contributed by atoms with Crippen LogP contribution in [0.3, 0.4) is 0 Å². The number of carbonyl (C=O) groups is 1. The number of amides is 1.